The van der Waals surface area contributed by atoms with Crippen molar-refractivity contribution in [2.75, 3.05) is 25.7 Å². The van der Waals surface area contributed by atoms with E-state index < -0.39 is 5.97 Å². The number of carbonyl (C=O) groups excluding carboxylic acids is 1. The molecule has 17 heavy (non-hydrogen) atoms. The molecule has 94 valence electrons. The SMILES string of the molecule is CCOCOC(=O)c1cccc(N)c1OCC. The first-order valence-corrected chi connectivity index (χ1v) is 5.46. The Morgan fingerprint density at radius 2 is 2.06 bits per heavy atom. The van der Waals surface area contributed by atoms with Gasteiger partial charge in [0.2, 0.25) is 0 Å². The maximum absolute atomic E-state index is 11.7. The predicted octanol–water partition coefficient (Wildman–Crippen LogP) is 1.82. The van der Waals surface area contributed by atoms with Crippen LogP contribution in [0.5, 0.6) is 5.75 Å². The lowest BCUT2D eigenvalue weighted by Gasteiger charge is -2.11. The first kappa shape index (κ1) is 13.3. The highest BCUT2D eigenvalue weighted by atomic mass is 16.7. The van der Waals surface area contributed by atoms with Crippen LogP contribution in [0.2, 0.25) is 0 Å². The Bertz CT molecular complexity index is 379. The third kappa shape index (κ3) is 3.64. The number of hydrogen-bond acceptors (Lipinski definition) is 5. The van der Waals surface area contributed by atoms with Crippen molar-refractivity contribution in [2.24, 2.45) is 0 Å². The summed E-state index contributed by atoms with van der Waals surface area (Å²) in [5, 5.41) is 0. The highest BCUT2D eigenvalue weighted by Crippen LogP contribution is 2.26. The van der Waals surface area contributed by atoms with E-state index >= 15 is 0 Å². The van der Waals surface area contributed by atoms with Gasteiger partial charge in [-0.1, -0.05) is 6.07 Å². The number of rotatable bonds is 6. The van der Waals surface area contributed by atoms with E-state index in [2.05, 4.69) is 0 Å². The molecule has 0 atom stereocenters. The fourth-order valence-electron chi connectivity index (χ4n) is 1.28. The van der Waals surface area contributed by atoms with E-state index in [0.29, 0.717) is 30.2 Å². The number of anilines is 1. The van der Waals surface area contributed by atoms with Crippen molar-refractivity contribution in [3.8, 4) is 5.75 Å². The molecule has 5 nitrogen and oxygen atoms in total. The summed E-state index contributed by atoms with van der Waals surface area (Å²) in [4.78, 5) is 11.7. The predicted molar refractivity (Wildman–Crippen MR) is 63.9 cm³/mol. The fraction of sp³-hybridized carbons (Fsp3) is 0.417. The van der Waals surface area contributed by atoms with Gasteiger partial charge in [0.15, 0.2) is 12.5 Å². The van der Waals surface area contributed by atoms with Gasteiger partial charge < -0.3 is 19.9 Å². The Labute approximate surface area is 100 Å². The minimum atomic E-state index is -0.505. The molecule has 0 aliphatic heterocycles. The van der Waals surface area contributed by atoms with E-state index in [0.717, 1.165) is 0 Å². The van der Waals surface area contributed by atoms with E-state index in [9.17, 15) is 4.79 Å². The van der Waals surface area contributed by atoms with E-state index in [1.165, 1.54) is 0 Å². The van der Waals surface area contributed by atoms with Crippen LogP contribution < -0.4 is 10.5 Å². The maximum atomic E-state index is 11.7. The van der Waals surface area contributed by atoms with Gasteiger partial charge in [-0.15, -0.1) is 0 Å². The number of nitrogens with two attached hydrogens (primary N) is 1. The minimum Gasteiger partial charge on any atom is -0.491 e. The molecule has 0 heterocycles. The molecule has 0 unspecified atom stereocenters. The lowest BCUT2D eigenvalue weighted by atomic mass is 10.2. The molecule has 1 aromatic carbocycles. The second-order valence-corrected chi connectivity index (χ2v) is 3.20. The molecule has 0 fully saturated rings. The van der Waals surface area contributed by atoms with Crippen LogP contribution in [-0.2, 0) is 9.47 Å². The molecule has 1 rings (SSSR count). The maximum Gasteiger partial charge on any atom is 0.344 e. The van der Waals surface area contributed by atoms with Crippen LogP contribution >= 0.6 is 0 Å². The summed E-state index contributed by atoms with van der Waals surface area (Å²) in [5.41, 5.74) is 6.46. The van der Waals surface area contributed by atoms with Gasteiger partial charge in [-0.25, -0.2) is 4.79 Å². The molecule has 0 saturated carbocycles. The van der Waals surface area contributed by atoms with Gasteiger partial charge in [0.25, 0.3) is 0 Å². The number of ether oxygens (including phenoxy) is 3. The van der Waals surface area contributed by atoms with Gasteiger partial charge >= 0.3 is 5.97 Å². The molecular weight excluding hydrogens is 222 g/mol. The zero-order valence-corrected chi connectivity index (χ0v) is 10.1. The molecule has 0 aromatic heterocycles. The summed E-state index contributed by atoms with van der Waals surface area (Å²) in [6, 6.07) is 4.95. The number of carbonyl (C=O) groups is 1. The van der Waals surface area contributed by atoms with Crippen molar-refractivity contribution in [3.63, 3.8) is 0 Å². The molecule has 5 heteroatoms. The van der Waals surface area contributed by atoms with Crippen molar-refractivity contribution in [1.82, 2.24) is 0 Å². The topological polar surface area (TPSA) is 70.8 Å². The monoisotopic (exact) mass is 239 g/mol. The molecule has 0 saturated heterocycles. The Hall–Kier alpha value is -1.75. The molecule has 0 aliphatic carbocycles. The van der Waals surface area contributed by atoms with Crippen LogP contribution in [0.25, 0.3) is 0 Å². The Balaban J connectivity index is 2.81. The highest BCUT2D eigenvalue weighted by Gasteiger charge is 2.16. The van der Waals surface area contributed by atoms with Crippen molar-refractivity contribution < 1.29 is 19.0 Å². The van der Waals surface area contributed by atoms with Crippen molar-refractivity contribution >= 4 is 11.7 Å². The zero-order valence-electron chi connectivity index (χ0n) is 10.1. The van der Waals surface area contributed by atoms with Gasteiger partial charge in [0, 0.05) is 6.61 Å². The van der Waals surface area contributed by atoms with Crippen molar-refractivity contribution in [2.45, 2.75) is 13.8 Å². The molecule has 2 N–H and O–H groups in total. The third-order valence-corrected chi connectivity index (χ3v) is 2.03. The summed E-state index contributed by atoms with van der Waals surface area (Å²) in [6.07, 6.45) is 0. The molecule has 0 aliphatic rings. The van der Waals surface area contributed by atoms with Crippen LogP contribution in [0, 0.1) is 0 Å². The van der Waals surface area contributed by atoms with E-state index in [-0.39, 0.29) is 6.79 Å². The van der Waals surface area contributed by atoms with Crippen LogP contribution in [0.15, 0.2) is 18.2 Å². The average Bonchev–Trinajstić information content (AvgIpc) is 2.32. The molecule has 1 aromatic rings. The number of nitrogen functional groups attached to an aromatic ring is 1. The van der Waals surface area contributed by atoms with Gasteiger partial charge in [-0.3, -0.25) is 0 Å². The third-order valence-electron chi connectivity index (χ3n) is 2.03. The number of para-hydroxylation sites is 1. The first-order chi connectivity index (χ1) is 8.20. The van der Waals surface area contributed by atoms with Gasteiger partial charge in [0.05, 0.1) is 12.3 Å². The van der Waals surface area contributed by atoms with Gasteiger partial charge in [0.1, 0.15) is 5.56 Å². The summed E-state index contributed by atoms with van der Waals surface area (Å²) in [7, 11) is 0. The molecule has 0 spiro atoms. The van der Waals surface area contributed by atoms with Crippen molar-refractivity contribution in [3.05, 3.63) is 23.8 Å². The molecule has 0 radical (unpaired) electrons. The smallest absolute Gasteiger partial charge is 0.344 e. The van der Waals surface area contributed by atoms with Crippen LogP contribution in [0.1, 0.15) is 24.2 Å². The van der Waals surface area contributed by atoms with Gasteiger partial charge in [-0.2, -0.15) is 0 Å². The van der Waals surface area contributed by atoms with E-state index in [1.54, 1.807) is 18.2 Å². The Morgan fingerprint density at radius 3 is 2.71 bits per heavy atom. The second kappa shape index (κ2) is 6.75. The normalized spacial score (nSPS) is 10.0. The van der Waals surface area contributed by atoms with Crippen LogP contribution in [0.4, 0.5) is 5.69 Å². The van der Waals surface area contributed by atoms with Gasteiger partial charge in [-0.05, 0) is 26.0 Å². The Morgan fingerprint density at radius 1 is 1.29 bits per heavy atom. The standard InChI is InChI=1S/C12H17NO4/c1-3-15-8-17-12(14)9-6-5-7-10(13)11(9)16-4-2/h5-7H,3-4,8,13H2,1-2H3. The minimum absolute atomic E-state index is 0.0737. The second-order valence-electron chi connectivity index (χ2n) is 3.20. The first-order valence-electron chi connectivity index (χ1n) is 5.46. The zero-order chi connectivity index (χ0) is 12.7. The summed E-state index contributed by atoms with van der Waals surface area (Å²) in [5.74, 6) is -0.148. The fourth-order valence-corrected chi connectivity index (χ4v) is 1.28. The van der Waals surface area contributed by atoms with Crippen molar-refractivity contribution in [1.29, 1.82) is 0 Å². The summed E-state index contributed by atoms with van der Waals surface area (Å²) >= 11 is 0. The van der Waals surface area contributed by atoms with E-state index in [1.807, 2.05) is 13.8 Å². The van der Waals surface area contributed by atoms with E-state index in [4.69, 9.17) is 19.9 Å². The number of esters is 1. The largest absolute Gasteiger partial charge is 0.491 e. The van der Waals surface area contributed by atoms with Crippen LogP contribution in [-0.4, -0.2) is 26.0 Å². The summed E-state index contributed by atoms with van der Waals surface area (Å²) in [6.45, 7) is 4.49. The number of benzene rings is 1. The number of hydrogen-bond donors (Lipinski definition) is 1. The average molecular weight is 239 g/mol. The van der Waals surface area contributed by atoms with Crippen LogP contribution in [0.3, 0.4) is 0 Å². The quantitative estimate of drug-likeness (QED) is 0.355. The molecule has 0 bridgehead atoms. The Kier molecular flexibility index (Phi) is 5.29. The lowest BCUT2D eigenvalue weighted by molar-refractivity contribution is -0.0276. The lowest BCUT2D eigenvalue weighted by Crippen LogP contribution is -2.11. The molecular formula is C12H17NO4. The highest BCUT2D eigenvalue weighted by molar-refractivity contribution is 5.94. The molecule has 0 amide bonds. The summed E-state index contributed by atoms with van der Waals surface area (Å²) < 4.78 is 15.2.